The number of aryl methyl sites for hydroxylation is 1. The van der Waals surface area contributed by atoms with E-state index in [1.165, 1.54) is 6.20 Å². The van der Waals surface area contributed by atoms with Crippen LogP contribution in [-0.2, 0) is 6.54 Å². The van der Waals surface area contributed by atoms with Crippen LogP contribution in [-0.4, -0.2) is 15.9 Å². The van der Waals surface area contributed by atoms with Crippen molar-refractivity contribution in [2.24, 2.45) is 0 Å². The topological polar surface area (TPSA) is 72.1 Å². The van der Waals surface area contributed by atoms with Gasteiger partial charge in [-0.3, -0.25) is 4.79 Å². The fraction of sp³-hybridized carbons (Fsp3) is 0.105. The normalized spacial score (nSPS) is 10.4. The number of carbonyl (C=O) groups is 1. The summed E-state index contributed by atoms with van der Waals surface area (Å²) in [4.78, 5) is 22.9. The number of carbonyl (C=O) groups excluding carboxylic acids is 1. The molecule has 2 aromatic carbocycles. The lowest BCUT2D eigenvalue weighted by atomic mass is 10.1. The molecule has 0 bridgehead atoms. The number of hydrogen-bond acceptors (Lipinski definition) is 4. The van der Waals surface area contributed by atoms with E-state index in [-0.39, 0.29) is 11.9 Å². The molecule has 0 aliphatic heterocycles. The Morgan fingerprint density at radius 2 is 1.67 bits per heavy atom. The number of aromatic nitrogens is 2. The number of nitrogens with two attached hydrogens (primary N) is 1. The van der Waals surface area contributed by atoms with Gasteiger partial charge in [0.1, 0.15) is 0 Å². The van der Waals surface area contributed by atoms with Crippen LogP contribution in [0.2, 0.25) is 0 Å². The number of nitrogen functional groups attached to an aromatic ring is 1. The summed E-state index contributed by atoms with van der Waals surface area (Å²) in [5, 5.41) is 0. The number of benzene rings is 2. The Bertz CT molecular complexity index is 835. The van der Waals surface area contributed by atoms with Crippen molar-refractivity contribution in [3.63, 3.8) is 0 Å². The number of amides is 1. The van der Waals surface area contributed by atoms with Crippen LogP contribution in [0.4, 0.5) is 11.6 Å². The molecule has 5 nitrogen and oxygen atoms in total. The van der Waals surface area contributed by atoms with E-state index in [1.54, 1.807) is 11.8 Å². The average Bonchev–Trinajstić information content (AvgIpc) is 2.61. The van der Waals surface area contributed by atoms with E-state index in [4.69, 9.17) is 5.73 Å². The summed E-state index contributed by atoms with van der Waals surface area (Å²) in [5.74, 6) is 0.0147. The molecular weight excluding hydrogens is 300 g/mol. The standard InChI is InChI=1S/C19H18N4O/c1-14-17(12-21-19(20)22-14)18(24)23(16-10-6-3-7-11-16)13-15-8-4-2-5-9-15/h2-12H,13H2,1H3,(H2,20,21,22). The van der Waals surface area contributed by atoms with Gasteiger partial charge in [-0.15, -0.1) is 0 Å². The summed E-state index contributed by atoms with van der Waals surface area (Å²) < 4.78 is 0. The minimum atomic E-state index is -0.150. The Labute approximate surface area is 140 Å². The molecule has 3 rings (SSSR count). The van der Waals surface area contributed by atoms with Gasteiger partial charge in [-0.25, -0.2) is 9.97 Å². The van der Waals surface area contributed by atoms with E-state index in [1.807, 2.05) is 60.7 Å². The highest BCUT2D eigenvalue weighted by molar-refractivity contribution is 6.06. The van der Waals surface area contributed by atoms with Gasteiger partial charge in [-0.1, -0.05) is 48.5 Å². The summed E-state index contributed by atoms with van der Waals surface area (Å²) in [6, 6.07) is 19.4. The molecule has 0 atom stereocenters. The van der Waals surface area contributed by atoms with Crippen LogP contribution >= 0.6 is 0 Å². The maximum absolute atomic E-state index is 13.1. The molecule has 0 saturated carbocycles. The van der Waals surface area contributed by atoms with Gasteiger partial charge < -0.3 is 10.6 Å². The fourth-order valence-corrected chi connectivity index (χ4v) is 2.49. The third kappa shape index (κ3) is 3.41. The first-order valence-corrected chi connectivity index (χ1v) is 7.65. The molecule has 120 valence electrons. The first kappa shape index (κ1) is 15.7. The number of anilines is 2. The van der Waals surface area contributed by atoms with Crippen LogP contribution in [0.1, 0.15) is 21.6 Å². The van der Waals surface area contributed by atoms with E-state index >= 15 is 0 Å². The third-order valence-corrected chi connectivity index (χ3v) is 3.72. The number of rotatable bonds is 4. The Balaban J connectivity index is 1.99. The maximum Gasteiger partial charge on any atom is 0.262 e. The van der Waals surface area contributed by atoms with Crippen LogP contribution in [0.15, 0.2) is 66.9 Å². The fourth-order valence-electron chi connectivity index (χ4n) is 2.49. The minimum Gasteiger partial charge on any atom is -0.368 e. The molecule has 0 saturated heterocycles. The van der Waals surface area contributed by atoms with Crippen LogP contribution in [0.25, 0.3) is 0 Å². The lowest BCUT2D eigenvalue weighted by Crippen LogP contribution is -2.31. The second kappa shape index (κ2) is 6.91. The molecule has 2 N–H and O–H groups in total. The zero-order valence-corrected chi connectivity index (χ0v) is 13.4. The van der Waals surface area contributed by atoms with Crippen molar-refractivity contribution in [3.8, 4) is 0 Å². The molecule has 3 aromatic rings. The molecule has 0 unspecified atom stereocenters. The van der Waals surface area contributed by atoms with E-state index in [2.05, 4.69) is 9.97 Å². The van der Waals surface area contributed by atoms with Gasteiger partial charge in [0.2, 0.25) is 5.95 Å². The van der Waals surface area contributed by atoms with Crippen molar-refractivity contribution in [1.29, 1.82) is 0 Å². The van der Waals surface area contributed by atoms with Crippen LogP contribution in [0.5, 0.6) is 0 Å². The van der Waals surface area contributed by atoms with Crippen molar-refractivity contribution in [3.05, 3.63) is 83.7 Å². The second-order valence-corrected chi connectivity index (χ2v) is 5.44. The molecule has 0 aliphatic carbocycles. The van der Waals surface area contributed by atoms with E-state index in [0.717, 1.165) is 11.3 Å². The lowest BCUT2D eigenvalue weighted by Gasteiger charge is -2.23. The molecule has 1 aromatic heterocycles. The van der Waals surface area contributed by atoms with E-state index in [9.17, 15) is 4.79 Å². The van der Waals surface area contributed by atoms with Gasteiger partial charge in [-0.2, -0.15) is 0 Å². The quantitative estimate of drug-likeness (QED) is 0.801. The Kier molecular flexibility index (Phi) is 4.52. The molecule has 0 radical (unpaired) electrons. The predicted octanol–water partition coefficient (Wildman–Crippen LogP) is 3.21. The number of nitrogens with zero attached hydrogens (tertiary/aromatic N) is 3. The van der Waals surface area contributed by atoms with E-state index < -0.39 is 0 Å². The van der Waals surface area contributed by atoms with Gasteiger partial charge in [-0.05, 0) is 24.6 Å². The summed E-state index contributed by atoms with van der Waals surface area (Å²) >= 11 is 0. The molecule has 0 aliphatic rings. The van der Waals surface area contributed by atoms with Gasteiger partial charge in [0.05, 0.1) is 17.8 Å². The zero-order valence-electron chi connectivity index (χ0n) is 13.4. The third-order valence-electron chi connectivity index (χ3n) is 3.72. The molecular formula is C19H18N4O. The summed E-state index contributed by atoms with van der Waals surface area (Å²) in [7, 11) is 0. The zero-order chi connectivity index (χ0) is 16.9. The predicted molar refractivity (Wildman–Crippen MR) is 94.6 cm³/mol. The van der Waals surface area contributed by atoms with Gasteiger partial charge >= 0.3 is 0 Å². The van der Waals surface area contributed by atoms with Crippen molar-refractivity contribution < 1.29 is 4.79 Å². The van der Waals surface area contributed by atoms with Crippen LogP contribution in [0.3, 0.4) is 0 Å². The van der Waals surface area contributed by atoms with Crippen molar-refractivity contribution >= 4 is 17.5 Å². The minimum absolute atomic E-state index is 0.150. The Hall–Kier alpha value is -3.21. The molecule has 1 amide bonds. The van der Waals surface area contributed by atoms with Crippen molar-refractivity contribution in [2.45, 2.75) is 13.5 Å². The summed E-state index contributed by atoms with van der Waals surface area (Å²) in [6.45, 7) is 2.23. The Morgan fingerprint density at radius 3 is 2.29 bits per heavy atom. The largest absolute Gasteiger partial charge is 0.368 e. The first-order chi connectivity index (χ1) is 11.6. The summed E-state index contributed by atoms with van der Waals surface area (Å²) in [5.41, 5.74) is 8.48. The smallest absolute Gasteiger partial charge is 0.262 e. The van der Waals surface area contributed by atoms with Crippen molar-refractivity contribution in [1.82, 2.24) is 9.97 Å². The van der Waals surface area contributed by atoms with E-state index in [0.29, 0.717) is 17.8 Å². The SMILES string of the molecule is Cc1nc(N)ncc1C(=O)N(Cc1ccccc1)c1ccccc1. The second-order valence-electron chi connectivity index (χ2n) is 5.44. The molecule has 5 heteroatoms. The monoisotopic (exact) mass is 318 g/mol. The molecule has 24 heavy (non-hydrogen) atoms. The maximum atomic E-state index is 13.1. The van der Waals surface area contributed by atoms with Crippen LogP contribution in [0, 0.1) is 6.92 Å². The Morgan fingerprint density at radius 1 is 1.04 bits per heavy atom. The van der Waals surface area contributed by atoms with Gasteiger partial charge in [0.15, 0.2) is 0 Å². The van der Waals surface area contributed by atoms with Crippen molar-refractivity contribution in [2.75, 3.05) is 10.6 Å². The van der Waals surface area contributed by atoms with Gasteiger partial charge in [0.25, 0.3) is 5.91 Å². The highest BCUT2D eigenvalue weighted by Crippen LogP contribution is 2.21. The molecule has 1 heterocycles. The molecule has 0 spiro atoms. The number of para-hydroxylation sites is 1. The van der Waals surface area contributed by atoms with Gasteiger partial charge in [0, 0.05) is 11.9 Å². The molecule has 0 fully saturated rings. The lowest BCUT2D eigenvalue weighted by molar-refractivity contribution is 0.0984. The summed E-state index contributed by atoms with van der Waals surface area (Å²) in [6.07, 6.45) is 1.49. The number of hydrogen-bond donors (Lipinski definition) is 1. The highest BCUT2D eigenvalue weighted by Gasteiger charge is 2.21. The van der Waals surface area contributed by atoms with Crippen LogP contribution < -0.4 is 10.6 Å². The first-order valence-electron chi connectivity index (χ1n) is 7.65. The average molecular weight is 318 g/mol. The highest BCUT2D eigenvalue weighted by atomic mass is 16.2.